The maximum absolute atomic E-state index is 14.0. The van der Waals surface area contributed by atoms with Crippen molar-refractivity contribution in [1.29, 1.82) is 0 Å². The molecule has 0 saturated carbocycles. The Morgan fingerprint density at radius 2 is 1.95 bits per heavy atom. The molecule has 7 nitrogen and oxygen atoms in total. The quantitative estimate of drug-likeness (QED) is 0.751. The van der Waals surface area contributed by atoms with Crippen LogP contribution in [0.15, 0.2) is 24.7 Å². The largest absolute Gasteiger partial charge is 0.493 e. The lowest BCUT2D eigenvalue weighted by molar-refractivity contribution is 0.351. The van der Waals surface area contributed by atoms with Crippen LogP contribution in [-0.4, -0.2) is 34.2 Å². The molecule has 0 aliphatic rings. The summed E-state index contributed by atoms with van der Waals surface area (Å²) < 4.78 is 24.2. The Morgan fingerprint density at radius 1 is 1.18 bits per heavy atom. The van der Waals surface area contributed by atoms with Crippen LogP contribution in [-0.2, 0) is 6.54 Å². The summed E-state index contributed by atoms with van der Waals surface area (Å²) in [6, 6.07) is 2.86. The van der Waals surface area contributed by atoms with Crippen LogP contribution in [0.25, 0.3) is 11.2 Å². The van der Waals surface area contributed by atoms with Gasteiger partial charge in [0, 0.05) is 18.2 Å². The summed E-state index contributed by atoms with van der Waals surface area (Å²) >= 11 is 0. The smallest absolute Gasteiger partial charge is 0.225 e. The van der Waals surface area contributed by atoms with E-state index < -0.39 is 5.82 Å². The molecule has 3 aromatic rings. The summed E-state index contributed by atoms with van der Waals surface area (Å²) in [5.41, 5.74) is 1.71. The van der Waals surface area contributed by atoms with E-state index in [0.717, 1.165) is 5.52 Å². The number of ether oxygens (including phenoxy) is 2. The van der Waals surface area contributed by atoms with Gasteiger partial charge in [-0.3, -0.25) is 0 Å². The number of anilines is 1. The number of hydrogen-bond donors (Lipinski definition) is 2. The number of H-pyrrole nitrogens is 1. The molecule has 0 bridgehead atoms. The lowest BCUT2D eigenvalue weighted by atomic mass is 10.2. The molecule has 0 fully saturated rings. The zero-order chi connectivity index (χ0) is 15.5. The Balaban J connectivity index is 1.80. The van der Waals surface area contributed by atoms with E-state index in [1.165, 1.54) is 26.6 Å². The van der Waals surface area contributed by atoms with E-state index in [0.29, 0.717) is 28.7 Å². The minimum absolute atomic E-state index is 0.210. The van der Waals surface area contributed by atoms with Crippen molar-refractivity contribution in [2.75, 3.05) is 19.5 Å². The number of nitrogens with zero attached hydrogens (tertiary/aromatic N) is 3. The number of hydrogen-bond acceptors (Lipinski definition) is 6. The fourth-order valence-corrected chi connectivity index (χ4v) is 2.03. The minimum Gasteiger partial charge on any atom is -0.493 e. The third kappa shape index (κ3) is 2.62. The highest BCUT2D eigenvalue weighted by Crippen LogP contribution is 2.30. The second kappa shape index (κ2) is 5.84. The van der Waals surface area contributed by atoms with Crippen molar-refractivity contribution < 1.29 is 13.9 Å². The molecule has 0 saturated heterocycles. The summed E-state index contributed by atoms with van der Waals surface area (Å²) in [4.78, 5) is 15.3. The molecule has 22 heavy (non-hydrogen) atoms. The number of rotatable bonds is 5. The van der Waals surface area contributed by atoms with Crippen molar-refractivity contribution >= 4 is 17.1 Å². The maximum Gasteiger partial charge on any atom is 0.225 e. The van der Waals surface area contributed by atoms with Crippen LogP contribution >= 0.6 is 0 Å². The van der Waals surface area contributed by atoms with E-state index in [1.807, 2.05) is 0 Å². The average Bonchev–Trinajstić information content (AvgIpc) is 3.01. The normalized spacial score (nSPS) is 10.7. The van der Waals surface area contributed by atoms with Gasteiger partial charge < -0.3 is 19.8 Å². The van der Waals surface area contributed by atoms with E-state index in [9.17, 15) is 4.39 Å². The summed E-state index contributed by atoms with van der Waals surface area (Å²) in [5, 5.41) is 2.96. The van der Waals surface area contributed by atoms with Gasteiger partial charge in [-0.25, -0.2) is 14.4 Å². The Hall–Kier alpha value is -2.90. The molecule has 0 radical (unpaired) electrons. The van der Waals surface area contributed by atoms with Crippen molar-refractivity contribution in [2.24, 2.45) is 0 Å². The number of halogens is 1. The van der Waals surface area contributed by atoms with Crippen LogP contribution in [0.2, 0.25) is 0 Å². The molecule has 8 heteroatoms. The van der Waals surface area contributed by atoms with Crippen LogP contribution in [0.1, 0.15) is 5.56 Å². The zero-order valence-electron chi connectivity index (χ0n) is 12.1. The molecule has 0 aliphatic heterocycles. The van der Waals surface area contributed by atoms with Crippen LogP contribution in [0.5, 0.6) is 11.5 Å². The predicted octanol–water partition coefficient (Wildman–Crippen LogP) is 2.12. The van der Waals surface area contributed by atoms with Crippen LogP contribution in [0.4, 0.5) is 10.3 Å². The molecule has 1 aromatic carbocycles. The van der Waals surface area contributed by atoms with Crippen molar-refractivity contribution in [3.8, 4) is 11.5 Å². The molecule has 0 aliphatic carbocycles. The lowest BCUT2D eigenvalue weighted by Crippen LogP contribution is -2.06. The number of aromatic nitrogens is 4. The standard InChI is InChI=1S/C14H14FN5O2/c1-21-11-3-8(9(15)4-12(11)22-2)5-16-14-17-6-10-13(20-14)19-7-18-10/h3-4,6-7H,5H2,1-2H3,(H2,16,17,18,19,20). The SMILES string of the molecule is COc1cc(F)c(CNc2ncc3[nH]cnc3n2)cc1OC. The maximum atomic E-state index is 14.0. The highest BCUT2D eigenvalue weighted by atomic mass is 19.1. The molecular formula is C14H14FN5O2. The van der Waals surface area contributed by atoms with Crippen molar-refractivity contribution in [1.82, 2.24) is 19.9 Å². The molecule has 0 atom stereocenters. The van der Waals surface area contributed by atoms with E-state index >= 15 is 0 Å². The molecule has 2 N–H and O–H groups in total. The van der Waals surface area contributed by atoms with Crippen LogP contribution in [0.3, 0.4) is 0 Å². The number of nitrogens with one attached hydrogen (secondary N) is 2. The van der Waals surface area contributed by atoms with E-state index in [2.05, 4.69) is 25.3 Å². The Labute approximate surface area is 125 Å². The van der Waals surface area contributed by atoms with Crippen LogP contribution < -0.4 is 14.8 Å². The van der Waals surface area contributed by atoms with Gasteiger partial charge in [0.1, 0.15) is 11.3 Å². The first-order chi connectivity index (χ1) is 10.7. The summed E-state index contributed by atoms with van der Waals surface area (Å²) in [5.74, 6) is 0.780. The monoisotopic (exact) mass is 303 g/mol. The third-order valence-corrected chi connectivity index (χ3v) is 3.17. The fourth-order valence-electron chi connectivity index (χ4n) is 2.03. The second-order valence-corrected chi connectivity index (χ2v) is 4.49. The van der Waals surface area contributed by atoms with Gasteiger partial charge in [-0.1, -0.05) is 0 Å². The highest BCUT2D eigenvalue weighted by Gasteiger charge is 2.11. The average molecular weight is 303 g/mol. The van der Waals surface area contributed by atoms with Gasteiger partial charge in [0.15, 0.2) is 17.1 Å². The van der Waals surface area contributed by atoms with E-state index in [-0.39, 0.29) is 6.54 Å². The minimum atomic E-state index is -0.397. The zero-order valence-corrected chi connectivity index (χ0v) is 12.1. The predicted molar refractivity (Wildman–Crippen MR) is 78.5 cm³/mol. The first kappa shape index (κ1) is 14.1. The van der Waals surface area contributed by atoms with Gasteiger partial charge in [0.2, 0.25) is 5.95 Å². The summed E-state index contributed by atoms with van der Waals surface area (Å²) in [6.45, 7) is 0.210. The summed E-state index contributed by atoms with van der Waals surface area (Å²) in [7, 11) is 2.96. The van der Waals surface area contributed by atoms with Gasteiger partial charge in [0.25, 0.3) is 0 Å². The first-order valence-electron chi connectivity index (χ1n) is 6.51. The number of methoxy groups -OCH3 is 2. The topological polar surface area (TPSA) is 85.0 Å². The Morgan fingerprint density at radius 3 is 2.73 bits per heavy atom. The second-order valence-electron chi connectivity index (χ2n) is 4.49. The van der Waals surface area contributed by atoms with E-state index in [1.54, 1.807) is 12.3 Å². The Bertz CT molecular complexity index is 805. The van der Waals surface area contributed by atoms with Crippen molar-refractivity contribution in [2.45, 2.75) is 6.54 Å². The summed E-state index contributed by atoms with van der Waals surface area (Å²) in [6.07, 6.45) is 3.15. The highest BCUT2D eigenvalue weighted by molar-refractivity contribution is 5.69. The van der Waals surface area contributed by atoms with Gasteiger partial charge in [-0.05, 0) is 6.07 Å². The number of aromatic amines is 1. The number of fused-ring (bicyclic) bond motifs is 1. The lowest BCUT2D eigenvalue weighted by Gasteiger charge is -2.11. The molecular weight excluding hydrogens is 289 g/mol. The Kier molecular flexibility index (Phi) is 3.73. The third-order valence-electron chi connectivity index (χ3n) is 3.17. The van der Waals surface area contributed by atoms with Crippen LogP contribution in [0, 0.1) is 5.82 Å². The number of benzene rings is 1. The van der Waals surface area contributed by atoms with Gasteiger partial charge in [-0.2, -0.15) is 4.98 Å². The molecule has 2 heterocycles. The van der Waals surface area contributed by atoms with Crippen molar-refractivity contribution in [3.05, 3.63) is 36.0 Å². The fraction of sp³-hybridized carbons (Fsp3) is 0.214. The first-order valence-corrected chi connectivity index (χ1v) is 6.51. The molecule has 114 valence electrons. The molecule has 2 aromatic heterocycles. The van der Waals surface area contributed by atoms with Gasteiger partial charge in [0.05, 0.1) is 26.7 Å². The molecule has 0 amide bonds. The number of imidazole rings is 1. The van der Waals surface area contributed by atoms with Crippen molar-refractivity contribution in [3.63, 3.8) is 0 Å². The van der Waals surface area contributed by atoms with Gasteiger partial charge in [-0.15, -0.1) is 0 Å². The van der Waals surface area contributed by atoms with Gasteiger partial charge >= 0.3 is 0 Å². The van der Waals surface area contributed by atoms with E-state index in [4.69, 9.17) is 9.47 Å². The molecule has 3 rings (SSSR count). The molecule has 0 spiro atoms. The molecule has 0 unspecified atom stereocenters.